The Hall–Kier alpha value is -2.13. The summed E-state index contributed by atoms with van der Waals surface area (Å²) in [5.41, 5.74) is -6.75. The van der Waals surface area contributed by atoms with Crippen LogP contribution in [-0.2, 0) is 12.0 Å². The highest BCUT2D eigenvalue weighted by atomic mass is 35.5. The number of alkyl halides is 6. The van der Waals surface area contributed by atoms with Crippen LogP contribution in [0.3, 0.4) is 0 Å². The Labute approximate surface area is 159 Å². The predicted molar refractivity (Wildman–Crippen MR) is 87.6 cm³/mol. The van der Waals surface area contributed by atoms with Crippen LogP contribution in [0.15, 0.2) is 30.3 Å². The molecule has 0 radical (unpaired) electrons. The quantitative estimate of drug-likeness (QED) is 0.491. The summed E-state index contributed by atoms with van der Waals surface area (Å²) in [6.07, 6.45) is -11.5. The highest BCUT2D eigenvalue weighted by molar-refractivity contribution is 6.33. The van der Waals surface area contributed by atoms with Crippen molar-refractivity contribution in [3.63, 3.8) is 0 Å². The minimum atomic E-state index is -6.07. The summed E-state index contributed by atoms with van der Waals surface area (Å²) in [6, 6.07) is 3.64. The molecule has 2 nitrogen and oxygen atoms in total. The zero-order valence-electron chi connectivity index (χ0n) is 14.1. The molecule has 0 bridgehead atoms. The second-order valence-electron chi connectivity index (χ2n) is 5.91. The molecule has 0 saturated carbocycles. The molecule has 0 aliphatic heterocycles. The number of carbonyl (C=O) groups is 1. The van der Waals surface area contributed by atoms with Crippen molar-refractivity contribution < 1.29 is 40.6 Å². The molecule has 0 atom stereocenters. The van der Waals surface area contributed by atoms with Crippen molar-refractivity contribution in [1.29, 1.82) is 0 Å². The fourth-order valence-electron chi connectivity index (χ4n) is 2.77. The van der Waals surface area contributed by atoms with Crippen LogP contribution in [0.1, 0.15) is 28.4 Å². The van der Waals surface area contributed by atoms with Gasteiger partial charge in [-0.2, -0.15) is 26.3 Å². The summed E-state index contributed by atoms with van der Waals surface area (Å²) in [4.78, 5) is 10.9. The number of aryl methyl sites for hydroxylation is 1. The maximum atomic E-state index is 14.4. The van der Waals surface area contributed by atoms with Crippen LogP contribution in [0.5, 0.6) is 0 Å². The zero-order valence-corrected chi connectivity index (χ0v) is 14.8. The molecule has 10 heteroatoms. The fraction of sp³-hybridized carbons (Fsp3) is 0.278. The van der Waals surface area contributed by atoms with Gasteiger partial charge in [-0.3, -0.25) is 4.79 Å². The second-order valence-corrected chi connectivity index (χ2v) is 6.32. The lowest BCUT2D eigenvalue weighted by atomic mass is 9.89. The zero-order chi connectivity index (χ0) is 21.5. The predicted octanol–water partition coefficient (Wildman–Crippen LogP) is 5.83. The summed E-state index contributed by atoms with van der Waals surface area (Å²) >= 11 is 5.86. The Morgan fingerprint density at radius 1 is 1.04 bits per heavy atom. The summed E-state index contributed by atoms with van der Waals surface area (Å²) in [5.74, 6) is -0.919. The standard InChI is InChI=1S/C18H12ClF7O2/c1-2-10-5-9(8-27)6-14(20)15(10)12-4-3-11(7-13(12)19)16(28,17(21,22)23)18(24,25)26/h3-8,28H,2H2,1H3. The SMILES string of the molecule is CCc1cc(C=O)cc(F)c1-c1ccc(C(O)(C(F)(F)F)C(F)(F)F)cc1Cl. The average Bonchev–Trinajstić information content (AvgIpc) is 2.58. The molecule has 0 spiro atoms. The Bertz CT molecular complexity index is 890. The number of halogens is 8. The highest BCUT2D eigenvalue weighted by Crippen LogP contribution is 2.51. The van der Waals surface area contributed by atoms with E-state index in [0.717, 1.165) is 12.1 Å². The van der Waals surface area contributed by atoms with Crippen molar-refractivity contribution in [3.05, 3.63) is 57.9 Å². The van der Waals surface area contributed by atoms with Gasteiger partial charge in [0.25, 0.3) is 5.60 Å². The largest absolute Gasteiger partial charge is 0.430 e. The maximum absolute atomic E-state index is 14.4. The molecule has 0 aliphatic rings. The fourth-order valence-corrected chi connectivity index (χ4v) is 3.04. The van der Waals surface area contributed by atoms with E-state index in [1.165, 1.54) is 6.07 Å². The monoisotopic (exact) mass is 428 g/mol. The number of carbonyl (C=O) groups excluding carboxylic acids is 1. The van der Waals surface area contributed by atoms with E-state index >= 15 is 0 Å². The van der Waals surface area contributed by atoms with Gasteiger partial charge in [-0.05, 0) is 30.2 Å². The molecular weight excluding hydrogens is 417 g/mol. The van der Waals surface area contributed by atoms with Crippen molar-refractivity contribution in [2.24, 2.45) is 0 Å². The molecule has 0 aliphatic carbocycles. The van der Waals surface area contributed by atoms with Crippen LogP contribution >= 0.6 is 11.6 Å². The Kier molecular flexibility index (Phi) is 5.83. The van der Waals surface area contributed by atoms with E-state index in [-0.39, 0.29) is 28.7 Å². The molecule has 0 fully saturated rings. The highest BCUT2D eigenvalue weighted by Gasteiger charge is 2.71. The molecule has 2 aromatic rings. The normalized spacial score (nSPS) is 12.9. The number of aldehydes is 1. The average molecular weight is 429 g/mol. The van der Waals surface area contributed by atoms with E-state index in [0.29, 0.717) is 18.4 Å². The lowest BCUT2D eigenvalue weighted by molar-refractivity contribution is -0.376. The van der Waals surface area contributed by atoms with Gasteiger partial charge in [-0.15, -0.1) is 0 Å². The van der Waals surface area contributed by atoms with Crippen molar-refractivity contribution in [2.75, 3.05) is 0 Å². The van der Waals surface area contributed by atoms with Gasteiger partial charge >= 0.3 is 12.4 Å². The van der Waals surface area contributed by atoms with Crippen LogP contribution < -0.4 is 0 Å². The molecule has 0 amide bonds. The van der Waals surface area contributed by atoms with Gasteiger partial charge in [-0.1, -0.05) is 30.7 Å². The summed E-state index contributed by atoms with van der Waals surface area (Å²) in [5, 5.41) is 8.82. The molecule has 0 heterocycles. The van der Waals surface area contributed by atoms with Crippen molar-refractivity contribution in [3.8, 4) is 11.1 Å². The Morgan fingerprint density at radius 2 is 1.61 bits per heavy atom. The minimum absolute atomic E-state index is 0.00867. The summed E-state index contributed by atoms with van der Waals surface area (Å²) in [7, 11) is 0. The first-order chi connectivity index (χ1) is 12.8. The van der Waals surface area contributed by atoms with Crippen molar-refractivity contribution in [2.45, 2.75) is 31.3 Å². The first-order valence-electron chi connectivity index (χ1n) is 7.71. The molecule has 152 valence electrons. The number of hydrogen-bond acceptors (Lipinski definition) is 2. The van der Waals surface area contributed by atoms with Gasteiger partial charge in [0.1, 0.15) is 12.1 Å². The Morgan fingerprint density at radius 3 is 2.04 bits per heavy atom. The molecule has 2 rings (SSSR count). The van der Waals surface area contributed by atoms with Crippen LogP contribution in [0.2, 0.25) is 5.02 Å². The molecule has 0 saturated heterocycles. The third kappa shape index (κ3) is 3.60. The number of benzene rings is 2. The molecule has 28 heavy (non-hydrogen) atoms. The van der Waals surface area contributed by atoms with E-state index < -0.39 is 34.4 Å². The molecule has 2 aromatic carbocycles. The van der Waals surface area contributed by atoms with E-state index in [1.54, 1.807) is 6.92 Å². The lowest BCUT2D eigenvalue weighted by Crippen LogP contribution is -2.53. The van der Waals surface area contributed by atoms with Gasteiger partial charge in [0.05, 0.1) is 0 Å². The van der Waals surface area contributed by atoms with Crippen LogP contribution in [0, 0.1) is 5.82 Å². The van der Waals surface area contributed by atoms with E-state index in [9.17, 15) is 40.6 Å². The van der Waals surface area contributed by atoms with Crippen LogP contribution in [0.4, 0.5) is 30.7 Å². The number of rotatable bonds is 4. The Balaban J connectivity index is 2.71. The van der Waals surface area contributed by atoms with Crippen molar-refractivity contribution >= 4 is 17.9 Å². The van der Waals surface area contributed by atoms with E-state index in [1.807, 2.05) is 0 Å². The molecule has 0 unspecified atom stereocenters. The maximum Gasteiger partial charge on any atom is 0.430 e. The second kappa shape index (κ2) is 7.36. The van der Waals surface area contributed by atoms with Gasteiger partial charge in [0.15, 0.2) is 0 Å². The number of hydrogen-bond donors (Lipinski definition) is 1. The smallest absolute Gasteiger partial charge is 0.369 e. The van der Waals surface area contributed by atoms with E-state index in [2.05, 4.69) is 0 Å². The third-order valence-corrected chi connectivity index (χ3v) is 4.50. The molecular formula is C18H12ClF7O2. The van der Waals surface area contributed by atoms with Crippen LogP contribution in [-0.4, -0.2) is 23.7 Å². The van der Waals surface area contributed by atoms with Gasteiger partial charge < -0.3 is 5.11 Å². The summed E-state index contributed by atoms with van der Waals surface area (Å²) < 4.78 is 92.4. The lowest BCUT2D eigenvalue weighted by Gasteiger charge is -2.33. The first kappa shape index (κ1) is 22.2. The van der Waals surface area contributed by atoms with Gasteiger partial charge in [-0.25, -0.2) is 4.39 Å². The molecule has 0 aromatic heterocycles. The topological polar surface area (TPSA) is 37.3 Å². The molecule has 1 N–H and O–H groups in total. The van der Waals surface area contributed by atoms with Gasteiger partial charge in [0.2, 0.25) is 0 Å². The first-order valence-corrected chi connectivity index (χ1v) is 8.09. The minimum Gasteiger partial charge on any atom is -0.369 e. The van der Waals surface area contributed by atoms with E-state index in [4.69, 9.17) is 11.6 Å². The summed E-state index contributed by atoms with van der Waals surface area (Å²) in [6.45, 7) is 1.61. The third-order valence-electron chi connectivity index (χ3n) is 4.19. The van der Waals surface area contributed by atoms with Crippen LogP contribution in [0.25, 0.3) is 11.1 Å². The number of aliphatic hydroxyl groups is 1. The van der Waals surface area contributed by atoms with Gasteiger partial charge in [0, 0.05) is 27.3 Å². The van der Waals surface area contributed by atoms with Crippen molar-refractivity contribution in [1.82, 2.24) is 0 Å².